The molecular weight excluding hydrogens is 372 g/mol. The van der Waals surface area contributed by atoms with Crippen LogP contribution in [0.5, 0.6) is 5.75 Å². The summed E-state index contributed by atoms with van der Waals surface area (Å²) in [7, 11) is 1.94. The Labute approximate surface area is 166 Å². The summed E-state index contributed by atoms with van der Waals surface area (Å²) in [4.78, 5) is 12.8. The molecule has 0 aliphatic carbocycles. The maximum Gasteiger partial charge on any atom is 0.191 e. The van der Waals surface area contributed by atoms with Crippen LogP contribution in [0.15, 0.2) is 59.9 Å². The van der Waals surface area contributed by atoms with E-state index in [0.29, 0.717) is 28.7 Å². The van der Waals surface area contributed by atoms with Crippen LogP contribution in [0, 0.1) is 0 Å². The van der Waals surface area contributed by atoms with Crippen molar-refractivity contribution >= 4 is 28.4 Å². The molecule has 0 saturated carbocycles. The summed E-state index contributed by atoms with van der Waals surface area (Å²) in [6.45, 7) is 2.63. The number of carbonyl (C=O) groups excluding carboxylic acids is 1. The molecule has 0 spiro atoms. The van der Waals surface area contributed by atoms with Crippen LogP contribution < -0.4 is 0 Å². The third-order valence-electron chi connectivity index (χ3n) is 4.71. The van der Waals surface area contributed by atoms with Crippen molar-refractivity contribution in [1.82, 2.24) is 19.3 Å². The minimum absolute atomic E-state index is 0.0524. The molecular formula is C21H20N4O2S. The zero-order chi connectivity index (χ0) is 19.7. The number of aromatic hydroxyl groups is 1. The van der Waals surface area contributed by atoms with Crippen molar-refractivity contribution in [3.05, 3.63) is 60.3 Å². The van der Waals surface area contributed by atoms with E-state index < -0.39 is 0 Å². The fourth-order valence-corrected chi connectivity index (χ4v) is 4.20. The predicted molar refractivity (Wildman–Crippen MR) is 111 cm³/mol. The lowest BCUT2D eigenvalue weighted by Crippen LogP contribution is -2.05. The lowest BCUT2D eigenvalue weighted by molar-refractivity contribution is 0.102. The van der Waals surface area contributed by atoms with Gasteiger partial charge in [0.15, 0.2) is 16.8 Å². The molecule has 6 nitrogen and oxygen atoms in total. The Bertz CT molecular complexity index is 1160. The molecule has 2 aromatic carbocycles. The molecule has 0 fully saturated rings. The molecule has 28 heavy (non-hydrogen) atoms. The van der Waals surface area contributed by atoms with Crippen molar-refractivity contribution in [3.8, 4) is 17.1 Å². The number of nitrogens with zero attached hydrogens (tertiary/aromatic N) is 4. The highest BCUT2D eigenvalue weighted by Gasteiger charge is 2.18. The molecule has 0 aliphatic rings. The van der Waals surface area contributed by atoms with Crippen LogP contribution >= 0.6 is 11.8 Å². The average molecular weight is 392 g/mol. The molecule has 2 aromatic heterocycles. The first-order valence-electron chi connectivity index (χ1n) is 9.01. The van der Waals surface area contributed by atoms with Gasteiger partial charge in [0, 0.05) is 36.3 Å². The summed E-state index contributed by atoms with van der Waals surface area (Å²) < 4.78 is 3.88. The van der Waals surface area contributed by atoms with Crippen LogP contribution in [0.3, 0.4) is 0 Å². The summed E-state index contributed by atoms with van der Waals surface area (Å²) in [6.07, 6.45) is 1.88. The van der Waals surface area contributed by atoms with Gasteiger partial charge in [-0.2, -0.15) is 0 Å². The Morgan fingerprint density at radius 2 is 1.86 bits per heavy atom. The number of phenols is 1. The number of thioether (sulfide) groups is 1. The van der Waals surface area contributed by atoms with E-state index >= 15 is 0 Å². The van der Waals surface area contributed by atoms with E-state index in [1.165, 1.54) is 11.8 Å². The summed E-state index contributed by atoms with van der Waals surface area (Å²) in [6, 6.07) is 14.9. The van der Waals surface area contributed by atoms with E-state index in [4.69, 9.17) is 0 Å². The van der Waals surface area contributed by atoms with Gasteiger partial charge in [-0.3, -0.25) is 4.79 Å². The number of aryl methyl sites for hydroxylation is 1. The molecule has 0 amide bonds. The minimum Gasteiger partial charge on any atom is -0.507 e. The number of ketones is 1. The molecule has 0 unspecified atom stereocenters. The number of rotatable bonds is 6. The van der Waals surface area contributed by atoms with Gasteiger partial charge in [-0.15, -0.1) is 10.2 Å². The van der Waals surface area contributed by atoms with E-state index in [1.54, 1.807) is 18.2 Å². The maximum absolute atomic E-state index is 12.8. The summed E-state index contributed by atoms with van der Waals surface area (Å²) in [5.41, 5.74) is 2.38. The third kappa shape index (κ3) is 3.18. The van der Waals surface area contributed by atoms with Gasteiger partial charge in [0.05, 0.1) is 11.3 Å². The number of carbonyl (C=O) groups is 1. The van der Waals surface area contributed by atoms with E-state index in [-0.39, 0.29) is 17.3 Å². The first-order valence-corrected chi connectivity index (χ1v) is 10.00. The topological polar surface area (TPSA) is 72.9 Å². The van der Waals surface area contributed by atoms with Gasteiger partial charge in [-0.1, -0.05) is 42.1 Å². The fourth-order valence-electron chi connectivity index (χ4n) is 3.31. The number of fused-ring (bicyclic) bond motifs is 1. The van der Waals surface area contributed by atoms with E-state index in [9.17, 15) is 9.90 Å². The first kappa shape index (κ1) is 18.3. The molecule has 7 heteroatoms. The van der Waals surface area contributed by atoms with Gasteiger partial charge in [0.1, 0.15) is 5.75 Å². The van der Waals surface area contributed by atoms with Crippen LogP contribution in [0.25, 0.3) is 22.3 Å². The lowest BCUT2D eigenvalue weighted by Gasteiger charge is -2.08. The molecule has 142 valence electrons. The van der Waals surface area contributed by atoms with Crippen LogP contribution in [0.4, 0.5) is 0 Å². The molecule has 0 bridgehead atoms. The Balaban J connectivity index is 1.58. The second kappa shape index (κ2) is 7.52. The number of phenolic OH excluding ortho intramolecular Hbond substituents is 1. The summed E-state index contributed by atoms with van der Waals surface area (Å²) in [5.74, 6) is 1.08. The van der Waals surface area contributed by atoms with Gasteiger partial charge in [0.25, 0.3) is 0 Å². The van der Waals surface area contributed by atoms with Crippen molar-refractivity contribution in [2.75, 3.05) is 5.75 Å². The highest BCUT2D eigenvalue weighted by atomic mass is 32.2. The minimum atomic E-state index is 0.0524. The number of aromatic nitrogens is 4. The van der Waals surface area contributed by atoms with Crippen molar-refractivity contribution in [1.29, 1.82) is 0 Å². The number of Topliss-reactive ketones (excluding diaryl/α,β-unsaturated/α-hetero) is 1. The van der Waals surface area contributed by atoms with Crippen molar-refractivity contribution in [2.24, 2.45) is 7.05 Å². The largest absolute Gasteiger partial charge is 0.507 e. The third-order valence-corrected chi connectivity index (χ3v) is 5.67. The first-order chi connectivity index (χ1) is 13.6. The number of benzene rings is 2. The SMILES string of the molecule is CCn1c(SCC(=O)c2cn(C)c3ccccc23)nnc1-c1ccccc1O. The van der Waals surface area contributed by atoms with Crippen LogP contribution in [-0.2, 0) is 13.6 Å². The van der Waals surface area contributed by atoms with Gasteiger partial charge in [-0.05, 0) is 25.1 Å². The predicted octanol–water partition coefficient (Wildman–Crippen LogP) is 4.14. The van der Waals surface area contributed by atoms with Crippen LogP contribution in [0.2, 0.25) is 0 Å². The number of hydrogen-bond acceptors (Lipinski definition) is 5. The molecule has 1 N–H and O–H groups in total. The molecule has 4 aromatic rings. The van der Waals surface area contributed by atoms with Crippen LogP contribution in [-0.4, -0.2) is 36.0 Å². The summed E-state index contributed by atoms with van der Waals surface area (Å²) >= 11 is 1.36. The zero-order valence-electron chi connectivity index (χ0n) is 15.7. The quantitative estimate of drug-likeness (QED) is 0.394. The van der Waals surface area contributed by atoms with Crippen molar-refractivity contribution < 1.29 is 9.90 Å². The standard InChI is InChI=1S/C21H20N4O2S/c1-3-25-20(15-9-5-7-11-18(15)26)22-23-21(25)28-13-19(27)16-12-24(2)17-10-6-4-8-14(16)17/h4-12,26H,3,13H2,1-2H3. The Kier molecular flexibility index (Phi) is 4.92. The molecule has 0 aliphatic heterocycles. The summed E-state index contributed by atoms with van der Waals surface area (Å²) in [5, 5.41) is 20.2. The Morgan fingerprint density at radius 1 is 1.11 bits per heavy atom. The average Bonchev–Trinajstić information content (AvgIpc) is 3.27. The van der Waals surface area contributed by atoms with E-state index in [0.717, 1.165) is 10.9 Å². The van der Waals surface area contributed by atoms with Gasteiger partial charge < -0.3 is 14.2 Å². The zero-order valence-corrected chi connectivity index (χ0v) is 16.5. The second-order valence-corrected chi connectivity index (χ2v) is 7.39. The number of para-hydroxylation sites is 2. The van der Waals surface area contributed by atoms with Gasteiger partial charge in [0.2, 0.25) is 0 Å². The molecule has 0 saturated heterocycles. The Morgan fingerprint density at radius 3 is 2.64 bits per heavy atom. The molecule has 0 radical (unpaired) electrons. The second-order valence-electron chi connectivity index (χ2n) is 6.45. The van der Waals surface area contributed by atoms with E-state index in [1.807, 2.05) is 59.6 Å². The smallest absolute Gasteiger partial charge is 0.191 e. The molecule has 4 rings (SSSR count). The molecule has 2 heterocycles. The highest BCUT2D eigenvalue weighted by molar-refractivity contribution is 7.99. The maximum atomic E-state index is 12.8. The highest BCUT2D eigenvalue weighted by Crippen LogP contribution is 2.30. The number of hydrogen-bond donors (Lipinski definition) is 1. The normalized spacial score (nSPS) is 11.2. The lowest BCUT2D eigenvalue weighted by atomic mass is 10.1. The van der Waals surface area contributed by atoms with Crippen LogP contribution in [0.1, 0.15) is 17.3 Å². The van der Waals surface area contributed by atoms with E-state index in [2.05, 4.69) is 10.2 Å². The van der Waals surface area contributed by atoms with Crippen molar-refractivity contribution in [3.63, 3.8) is 0 Å². The van der Waals surface area contributed by atoms with Gasteiger partial charge >= 0.3 is 0 Å². The fraction of sp³-hybridized carbons (Fsp3) is 0.190. The van der Waals surface area contributed by atoms with Crippen molar-refractivity contribution in [2.45, 2.75) is 18.6 Å². The Hall–Kier alpha value is -3.06. The van der Waals surface area contributed by atoms with Gasteiger partial charge in [-0.25, -0.2) is 0 Å². The molecule has 0 atom stereocenters. The monoisotopic (exact) mass is 392 g/mol.